The lowest BCUT2D eigenvalue weighted by atomic mass is 9.83. The maximum atomic E-state index is 13.9. The molecule has 2 aromatic carbocycles. The lowest BCUT2D eigenvalue weighted by molar-refractivity contribution is -0.140. The van der Waals surface area contributed by atoms with Crippen LogP contribution in [0.15, 0.2) is 48.0 Å². The summed E-state index contributed by atoms with van der Waals surface area (Å²) in [4.78, 5) is 27.5. The van der Waals surface area contributed by atoms with E-state index in [1.807, 2.05) is 6.07 Å². The number of hydrogen-bond donors (Lipinski definition) is 3. The molecule has 2 aromatic rings. The fraction of sp³-hybridized carbons (Fsp3) is 0.500. The van der Waals surface area contributed by atoms with Crippen molar-refractivity contribution in [3.8, 4) is 5.75 Å². The molecular weight excluding hydrogens is 568 g/mol. The summed E-state index contributed by atoms with van der Waals surface area (Å²) in [5, 5.41) is 14.9. The number of aryl methyl sites for hydroxylation is 1. The lowest BCUT2D eigenvalue weighted by Gasteiger charge is -2.30. The zero-order valence-electron chi connectivity index (χ0n) is 23.9. The van der Waals surface area contributed by atoms with Gasteiger partial charge in [-0.2, -0.15) is 13.2 Å². The minimum atomic E-state index is -4.92. The molecule has 1 heterocycles. The fourth-order valence-corrected chi connectivity index (χ4v) is 6.84. The van der Waals surface area contributed by atoms with Crippen molar-refractivity contribution in [1.29, 1.82) is 0 Å². The summed E-state index contributed by atoms with van der Waals surface area (Å²) in [6, 6.07) is 6.98. The zero-order chi connectivity index (χ0) is 30.7. The van der Waals surface area contributed by atoms with Gasteiger partial charge in [0.1, 0.15) is 11.6 Å². The van der Waals surface area contributed by atoms with Crippen LogP contribution in [-0.2, 0) is 22.1 Å². The van der Waals surface area contributed by atoms with E-state index in [1.165, 1.54) is 7.11 Å². The Bertz CT molecular complexity index is 1370. The van der Waals surface area contributed by atoms with Gasteiger partial charge in [0.05, 0.1) is 30.8 Å². The van der Waals surface area contributed by atoms with Crippen molar-refractivity contribution < 1.29 is 41.7 Å². The molecule has 0 radical (unpaired) electrons. The van der Waals surface area contributed by atoms with Crippen LogP contribution >= 0.6 is 0 Å². The van der Waals surface area contributed by atoms with E-state index < -0.39 is 41.3 Å². The van der Waals surface area contributed by atoms with Crippen LogP contribution in [0.3, 0.4) is 0 Å². The number of fused-ring (bicyclic) bond motifs is 2. The number of carbonyl (C=O) groups is 2. The maximum Gasteiger partial charge on any atom is 0.419 e. The van der Waals surface area contributed by atoms with E-state index in [1.54, 1.807) is 12.1 Å². The summed E-state index contributed by atoms with van der Waals surface area (Å²) in [6.07, 6.45) is 1.67. The number of anilines is 1. The number of amides is 2. The molecular formula is C32H36F4N2O5. The third-order valence-corrected chi connectivity index (χ3v) is 8.79. The van der Waals surface area contributed by atoms with E-state index in [0.717, 1.165) is 36.5 Å². The second-order valence-corrected chi connectivity index (χ2v) is 11.5. The Kier molecular flexibility index (Phi) is 9.41. The van der Waals surface area contributed by atoms with Crippen molar-refractivity contribution in [1.82, 2.24) is 5.32 Å². The first-order chi connectivity index (χ1) is 20.6. The Morgan fingerprint density at radius 3 is 2.60 bits per heavy atom. The summed E-state index contributed by atoms with van der Waals surface area (Å²) in [5.41, 5.74) is 0.571. The molecule has 1 saturated heterocycles. The van der Waals surface area contributed by atoms with Crippen LogP contribution in [0.25, 0.3) is 0 Å². The van der Waals surface area contributed by atoms with Crippen LogP contribution in [-0.4, -0.2) is 49.9 Å². The Hall–Kier alpha value is -3.44. The van der Waals surface area contributed by atoms with Crippen LogP contribution in [0.5, 0.6) is 5.75 Å². The third kappa shape index (κ3) is 6.72. The topological polar surface area (TPSA) is 96.9 Å². The van der Waals surface area contributed by atoms with Crippen LogP contribution in [0.1, 0.15) is 53.6 Å². The SMILES string of the molecule is COc1ccc(CCCO)cc1C(=O)NC1C2CCC(/C2=C/C2CCCOC2)C1C(=O)Nc1ccc(F)c(C(F)(F)F)c1. The van der Waals surface area contributed by atoms with Crippen molar-refractivity contribution in [2.45, 2.75) is 50.7 Å². The monoisotopic (exact) mass is 604 g/mol. The van der Waals surface area contributed by atoms with Crippen molar-refractivity contribution in [2.24, 2.45) is 23.7 Å². The number of ether oxygens (including phenoxy) is 2. The highest BCUT2D eigenvalue weighted by Crippen LogP contribution is 2.53. The van der Waals surface area contributed by atoms with Gasteiger partial charge in [-0.1, -0.05) is 17.7 Å². The van der Waals surface area contributed by atoms with Crippen LogP contribution in [0.2, 0.25) is 0 Å². The minimum absolute atomic E-state index is 0.00909. The average Bonchev–Trinajstić information content (AvgIpc) is 3.51. The van der Waals surface area contributed by atoms with Gasteiger partial charge >= 0.3 is 6.18 Å². The summed E-state index contributed by atoms with van der Waals surface area (Å²) in [5.74, 6) is -2.94. The predicted molar refractivity (Wildman–Crippen MR) is 151 cm³/mol. The van der Waals surface area contributed by atoms with Crippen LogP contribution < -0.4 is 15.4 Å². The first-order valence-corrected chi connectivity index (χ1v) is 14.7. The number of halogens is 4. The van der Waals surface area contributed by atoms with Gasteiger partial charge in [-0.25, -0.2) is 4.39 Å². The Morgan fingerprint density at radius 1 is 1.12 bits per heavy atom. The van der Waals surface area contributed by atoms with Crippen LogP contribution in [0.4, 0.5) is 23.2 Å². The average molecular weight is 605 g/mol. The van der Waals surface area contributed by atoms with Gasteiger partial charge in [-0.15, -0.1) is 0 Å². The number of carbonyl (C=O) groups excluding carboxylic acids is 2. The molecule has 0 spiro atoms. The van der Waals surface area contributed by atoms with Gasteiger partial charge in [0.25, 0.3) is 5.91 Å². The molecule has 3 aliphatic rings. The van der Waals surface area contributed by atoms with Crippen molar-refractivity contribution in [3.05, 3.63) is 70.6 Å². The third-order valence-electron chi connectivity index (χ3n) is 8.79. The predicted octanol–water partition coefficient (Wildman–Crippen LogP) is 5.52. The number of hydrogen-bond acceptors (Lipinski definition) is 5. The smallest absolute Gasteiger partial charge is 0.419 e. The number of nitrogens with one attached hydrogen (secondary N) is 2. The number of aliphatic hydroxyl groups is 1. The highest BCUT2D eigenvalue weighted by molar-refractivity contribution is 5.99. The van der Waals surface area contributed by atoms with Crippen molar-refractivity contribution in [3.63, 3.8) is 0 Å². The molecule has 5 atom stereocenters. The molecule has 7 nitrogen and oxygen atoms in total. The van der Waals surface area contributed by atoms with Gasteiger partial charge in [-0.05, 0) is 80.3 Å². The fourth-order valence-electron chi connectivity index (χ4n) is 6.84. The highest BCUT2D eigenvalue weighted by Gasteiger charge is 2.55. The normalized spacial score (nSPS) is 26.0. The molecule has 2 saturated carbocycles. The summed E-state index contributed by atoms with van der Waals surface area (Å²) in [6.45, 7) is 1.28. The number of alkyl halides is 3. The number of rotatable bonds is 9. The van der Waals surface area contributed by atoms with E-state index in [2.05, 4.69) is 16.7 Å². The van der Waals surface area contributed by atoms with Crippen LogP contribution in [0, 0.1) is 29.5 Å². The second kappa shape index (κ2) is 13.1. The Labute approximate surface area is 247 Å². The zero-order valence-corrected chi connectivity index (χ0v) is 23.9. The highest BCUT2D eigenvalue weighted by atomic mass is 19.4. The summed E-state index contributed by atoms with van der Waals surface area (Å²) in [7, 11) is 1.46. The lowest BCUT2D eigenvalue weighted by Crippen LogP contribution is -2.48. The quantitative estimate of drug-likeness (QED) is 0.259. The van der Waals surface area contributed by atoms with E-state index in [0.29, 0.717) is 55.9 Å². The largest absolute Gasteiger partial charge is 0.496 e. The van der Waals surface area contributed by atoms with E-state index in [9.17, 15) is 32.3 Å². The molecule has 3 N–H and O–H groups in total. The van der Waals surface area contributed by atoms with E-state index in [4.69, 9.17) is 9.47 Å². The molecule has 1 aliphatic heterocycles. The molecule has 232 valence electrons. The molecule has 11 heteroatoms. The molecule has 43 heavy (non-hydrogen) atoms. The van der Waals surface area contributed by atoms with Crippen molar-refractivity contribution >= 4 is 17.5 Å². The first kappa shape index (κ1) is 31.0. The Morgan fingerprint density at radius 2 is 1.91 bits per heavy atom. The maximum absolute atomic E-state index is 13.9. The van der Waals surface area contributed by atoms with E-state index >= 15 is 0 Å². The van der Waals surface area contributed by atoms with Gasteiger partial charge in [0.2, 0.25) is 5.91 Å². The molecule has 2 bridgehead atoms. The van der Waals surface area contributed by atoms with Gasteiger partial charge < -0.3 is 25.2 Å². The molecule has 5 rings (SSSR count). The van der Waals surface area contributed by atoms with Gasteiger partial charge in [-0.3, -0.25) is 9.59 Å². The Balaban J connectivity index is 1.45. The van der Waals surface area contributed by atoms with E-state index in [-0.39, 0.29) is 30.0 Å². The van der Waals surface area contributed by atoms with Gasteiger partial charge in [0.15, 0.2) is 0 Å². The van der Waals surface area contributed by atoms with Crippen molar-refractivity contribution in [2.75, 3.05) is 32.2 Å². The first-order valence-electron chi connectivity index (χ1n) is 14.7. The number of methoxy groups -OCH3 is 1. The molecule has 5 unspecified atom stereocenters. The minimum Gasteiger partial charge on any atom is -0.496 e. The molecule has 2 aliphatic carbocycles. The molecule has 0 aromatic heterocycles. The molecule has 2 amide bonds. The second-order valence-electron chi connectivity index (χ2n) is 11.5. The summed E-state index contributed by atoms with van der Waals surface area (Å²) < 4.78 is 65.0. The summed E-state index contributed by atoms with van der Waals surface area (Å²) >= 11 is 0. The van der Waals surface area contributed by atoms with Gasteiger partial charge in [0, 0.05) is 36.8 Å². The number of aliphatic hydroxyl groups excluding tert-OH is 1. The number of benzene rings is 2. The standard InChI is InChI=1S/C32H36F4N2O5/c1-42-27-11-6-18(4-2-12-39)14-24(27)30(40)38-29-22-9-8-21(23(22)15-19-5-3-13-43-17-19)28(29)31(41)37-20-7-10-26(33)25(16-20)32(34,35)36/h6-7,10-11,14-16,19,21-22,28-29,39H,2-5,8-9,12-13,17H2,1H3,(H,37,41)(H,38,40)/b23-15-. The molecule has 3 fully saturated rings.